The molecule has 0 aliphatic heterocycles. The van der Waals surface area contributed by atoms with E-state index in [0.717, 1.165) is 18.4 Å². The predicted molar refractivity (Wildman–Crippen MR) is 106 cm³/mol. The zero-order chi connectivity index (χ0) is 19.2. The van der Waals surface area contributed by atoms with Gasteiger partial charge in [0.05, 0.1) is 5.94 Å². The summed E-state index contributed by atoms with van der Waals surface area (Å²) in [6, 6.07) is 11.0. The van der Waals surface area contributed by atoms with Crippen molar-refractivity contribution >= 4 is 30.1 Å². The minimum absolute atomic E-state index is 0.00520. The Morgan fingerprint density at radius 3 is 2.44 bits per heavy atom. The van der Waals surface area contributed by atoms with Crippen molar-refractivity contribution in [2.24, 2.45) is 11.8 Å². The Kier molecular flexibility index (Phi) is 6.82. The topological polar surface area (TPSA) is 86.6 Å². The number of Topliss-reactive ketones (excluding diaryl/α,β-unsaturated/α-hetero) is 1. The third-order valence-corrected chi connectivity index (χ3v) is 5.95. The van der Waals surface area contributed by atoms with Crippen molar-refractivity contribution in [1.29, 1.82) is 0 Å². The first-order chi connectivity index (χ1) is 13.1. The lowest BCUT2D eigenvalue weighted by atomic mass is 9.73. The summed E-state index contributed by atoms with van der Waals surface area (Å²) in [7, 11) is -1.65. The normalized spacial score (nSPS) is 20.7. The van der Waals surface area contributed by atoms with Gasteiger partial charge in [-0.2, -0.15) is 11.3 Å². The van der Waals surface area contributed by atoms with Gasteiger partial charge in [0, 0.05) is 17.4 Å². The molecule has 1 unspecified atom stereocenters. The number of ketones is 1. The van der Waals surface area contributed by atoms with Crippen LogP contribution >= 0.6 is 11.3 Å². The molecule has 1 heterocycles. The molecule has 3 N–H and O–H groups in total. The van der Waals surface area contributed by atoms with E-state index in [1.165, 1.54) is 11.3 Å². The van der Waals surface area contributed by atoms with E-state index in [1.54, 1.807) is 12.1 Å². The molecule has 1 fully saturated rings. The minimum Gasteiger partial charge on any atom is -0.426 e. The second-order valence-electron chi connectivity index (χ2n) is 7.09. The molecule has 27 heavy (non-hydrogen) atoms. The zero-order valence-electron chi connectivity index (χ0n) is 15.1. The van der Waals surface area contributed by atoms with Gasteiger partial charge in [0.15, 0.2) is 5.78 Å². The lowest BCUT2D eigenvalue weighted by molar-refractivity contribution is -0.127. The number of rotatable bonds is 7. The van der Waals surface area contributed by atoms with Gasteiger partial charge >= 0.3 is 7.12 Å². The molecule has 5 nitrogen and oxygen atoms in total. The second-order valence-corrected chi connectivity index (χ2v) is 7.87. The number of benzene rings is 1. The molecule has 1 saturated carbocycles. The van der Waals surface area contributed by atoms with E-state index in [2.05, 4.69) is 5.32 Å². The molecule has 3 rings (SSSR count). The van der Waals surface area contributed by atoms with Gasteiger partial charge in [0.25, 0.3) is 0 Å². The van der Waals surface area contributed by atoms with Crippen LogP contribution in [-0.2, 0) is 11.2 Å². The van der Waals surface area contributed by atoms with E-state index in [4.69, 9.17) is 0 Å². The Morgan fingerprint density at radius 2 is 1.81 bits per heavy atom. The van der Waals surface area contributed by atoms with E-state index in [9.17, 15) is 19.6 Å². The maximum absolute atomic E-state index is 12.9. The van der Waals surface area contributed by atoms with Crippen LogP contribution in [0.1, 0.15) is 41.6 Å². The molecule has 1 aromatic heterocycles. The predicted octanol–water partition coefficient (Wildman–Crippen LogP) is 2.48. The third-order valence-electron chi connectivity index (χ3n) is 5.22. The van der Waals surface area contributed by atoms with Crippen molar-refractivity contribution in [3.05, 3.63) is 58.3 Å². The highest BCUT2D eigenvalue weighted by molar-refractivity contribution is 7.07. The standard InChI is InChI=1S/C20H24BNO4S/c23-19(15-6-2-1-3-7-15)16-8-4-5-9-17(16)20(24)22-18(21(25)26)12-14-10-11-27-13-14/h1-3,6-7,10-11,13,16-18,25-26H,4-5,8-9,12H2,(H,22,24)/t16-,17-,18?/m0/s1. The van der Waals surface area contributed by atoms with Crippen LogP contribution in [0.25, 0.3) is 0 Å². The van der Waals surface area contributed by atoms with Gasteiger partial charge in [-0.1, -0.05) is 43.2 Å². The molecule has 1 amide bonds. The second kappa shape index (κ2) is 9.31. The summed E-state index contributed by atoms with van der Waals surface area (Å²) >= 11 is 1.52. The van der Waals surface area contributed by atoms with Crippen molar-refractivity contribution in [3.63, 3.8) is 0 Å². The van der Waals surface area contributed by atoms with Gasteiger partial charge in [0.1, 0.15) is 0 Å². The average Bonchev–Trinajstić information content (AvgIpc) is 3.20. The molecule has 1 aliphatic carbocycles. The van der Waals surface area contributed by atoms with Gasteiger partial charge < -0.3 is 15.4 Å². The lowest BCUT2D eigenvalue weighted by Crippen LogP contribution is -2.51. The molecule has 3 atom stereocenters. The molecular weight excluding hydrogens is 361 g/mol. The highest BCUT2D eigenvalue weighted by atomic mass is 32.1. The van der Waals surface area contributed by atoms with E-state index in [-0.39, 0.29) is 17.6 Å². The first kappa shape index (κ1) is 19.8. The number of carbonyl (C=O) groups is 2. The first-order valence-electron chi connectivity index (χ1n) is 9.33. The minimum atomic E-state index is -1.65. The number of nitrogens with one attached hydrogen (secondary N) is 1. The fourth-order valence-electron chi connectivity index (χ4n) is 3.76. The third kappa shape index (κ3) is 5.06. The molecule has 0 radical (unpaired) electrons. The van der Waals surface area contributed by atoms with Crippen LogP contribution in [0.3, 0.4) is 0 Å². The summed E-state index contributed by atoms with van der Waals surface area (Å²) in [5.74, 6) is -1.86. The van der Waals surface area contributed by atoms with Crippen LogP contribution in [0.4, 0.5) is 0 Å². The molecule has 1 aromatic carbocycles. The first-order valence-corrected chi connectivity index (χ1v) is 10.3. The summed E-state index contributed by atoms with van der Waals surface area (Å²) in [5.41, 5.74) is 1.57. The maximum Gasteiger partial charge on any atom is 0.475 e. The zero-order valence-corrected chi connectivity index (χ0v) is 15.9. The Balaban J connectivity index is 1.71. The van der Waals surface area contributed by atoms with Gasteiger partial charge in [-0.05, 0) is 41.7 Å². The number of amides is 1. The van der Waals surface area contributed by atoms with Crippen LogP contribution < -0.4 is 5.32 Å². The van der Waals surface area contributed by atoms with Crippen molar-refractivity contribution in [3.8, 4) is 0 Å². The van der Waals surface area contributed by atoms with Gasteiger partial charge in [-0.3, -0.25) is 9.59 Å². The monoisotopic (exact) mass is 385 g/mol. The average molecular weight is 385 g/mol. The van der Waals surface area contributed by atoms with Gasteiger partial charge in [-0.15, -0.1) is 0 Å². The van der Waals surface area contributed by atoms with Crippen molar-refractivity contribution in [2.45, 2.75) is 38.0 Å². The summed E-state index contributed by atoms with van der Waals surface area (Å²) in [6.07, 6.45) is 3.49. The largest absolute Gasteiger partial charge is 0.475 e. The fraction of sp³-hybridized carbons (Fsp3) is 0.400. The van der Waals surface area contributed by atoms with Crippen LogP contribution in [0.2, 0.25) is 0 Å². The fourth-order valence-corrected chi connectivity index (χ4v) is 4.44. The SMILES string of the molecule is O=C(NC(Cc1ccsc1)B(O)O)[C@H]1CCCC[C@@H]1C(=O)c1ccccc1. The van der Waals surface area contributed by atoms with Crippen LogP contribution in [-0.4, -0.2) is 34.8 Å². The number of thiophene rings is 1. The summed E-state index contributed by atoms with van der Waals surface area (Å²) < 4.78 is 0. The lowest BCUT2D eigenvalue weighted by Gasteiger charge is -2.31. The van der Waals surface area contributed by atoms with Crippen LogP contribution in [0.5, 0.6) is 0 Å². The van der Waals surface area contributed by atoms with Gasteiger partial charge in [0.2, 0.25) is 5.91 Å². The van der Waals surface area contributed by atoms with Crippen molar-refractivity contribution in [2.75, 3.05) is 0 Å². The quantitative estimate of drug-likeness (QED) is 0.505. The smallest absolute Gasteiger partial charge is 0.426 e. The van der Waals surface area contributed by atoms with Crippen molar-refractivity contribution < 1.29 is 19.6 Å². The van der Waals surface area contributed by atoms with E-state index in [1.807, 2.05) is 35.0 Å². The number of carbonyl (C=O) groups excluding carboxylic acids is 2. The number of hydrogen-bond donors (Lipinski definition) is 3. The van der Waals surface area contributed by atoms with E-state index in [0.29, 0.717) is 24.8 Å². The summed E-state index contributed by atoms with van der Waals surface area (Å²) in [4.78, 5) is 25.8. The Bertz CT molecular complexity index is 751. The molecule has 0 bridgehead atoms. The van der Waals surface area contributed by atoms with E-state index >= 15 is 0 Å². The van der Waals surface area contributed by atoms with Crippen LogP contribution in [0.15, 0.2) is 47.2 Å². The molecule has 7 heteroatoms. The Morgan fingerprint density at radius 1 is 1.11 bits per heavy atom. The highest BCUT2D eigenvalue weighted by Gasteiger charge is 2.38. The molecule has 1 aliphatic rings. The Hall–Kier alpha value is -1.96. The molecule has 0 spiro atoms. The molecule has 0 saturated heterocycles. The molecule has 2 aromatic rings. The van der Waals surface area contributed by atoms with E-state index < -0.39 is 19.0 Å². The maximum atomic E-state index is 12.9. The van der Waals surface area contributed by atoms with Gasteiger partial charge in [-0.25, -0.2) is 0 Å². The highest BCUT2D eigenvalue weighted by Crippen LogP contribution is 2.33. The molecular formula is C20H24BNO4S. The number of hydrogen-bond acceptors (Lipinski definition) is 5. The van der Waals surface area contributed by atoms with Crippen LogP contribution in [0, 0.1) is 11.8 Å². The molecule has 142 valence electrons. The van der Waals surface area contributed by atoms with Crippen molar-refractivity contribution in [1.82, 2.24) is 5.32 Å². The summed E-state index contributed by atoms with van der Waals surface area (Å²) in [5, 5.41) is 26.0. The summed E-state index contributed by atoms with van der Waals surface area (Å²) in [6.45, 7) is 0. The Labute approximate surface area is 163 Å².